The van der Waals surface area contributed by atoms with E-state index in [1.807, 2.05) is 0 Å². The molecule has 2 aromatic rings. The van der Waals surface area contributed by atoms with Gasteiger partial charge in [-0.15, -0.1) is 0 Å². The van der Waals surface area contributed by atoms with E-state index in [0.717, 1.165) is 22.5 Å². The first-order valence-electron chi connectivity index (χ1n) is 6.75. The van der Waals surface area contributed by atoms with Crippen molar-refractivity contribution in [3.8, 4) is 5.69 Å². The molecule has 0 spiro atoms. The van der Waals surface area contributed by atoms with E-state index in [0.29, 0.717) is 10.8 Å². The summed E-state index contributed by atoms with van der Waals surface area (Å²) in [6.07, 6.45) is 0. The highest BCUT2D eigenvalue weighted by molar-refractivity contribution is 6.33. The maximum Gasteiger partial charge on any atom is 0.146 e. The van der Waals surface area contributed by atoms with E-state index in [1.54, 1.807) is 4.68 Å². The molecule has 0 fully saturated rings. The summed E-state index contributed by atoms with van der Waals surface area (Å²) in [7, 11) is 0. The quantitative estimate of drug-likeness (QED) is 0.850. The largest absolute Gasteiger partial charge is 0.382 e. The third kappa shape index (κ3) is 2.42. The number of aryl methyl sites for hydroxylation is 3. The first kappa shape index (κ1) is 14.9. The Morgan fingerprint density at radius 1 is 1.10 bits per heavy atom. The molecule has 0 aliphatic carbocycles. The maximum absolute atomic E-state index is 6.38. The van der Waals surface area contributed by atoms with Crippen LogP contribution in [0.25, 0.3) is 5.69 Å². The van der Waals surface area contributed by atoms with Gasteiger partial charge in [-0.2, -0.15) is 5.10 Å². The van der Waals surface area contributed by atoms with Gasteiger partial charge >= 0.3 is 0 Å². The minimum absolute atomic E-state index is 0.136. The highest BCUT2D eigenvalue weighted by Gasteiger charge is 2.26. The molecule has 20 heavy (non-hydrogen) atoms. The summed E-state index contributed by atoms with van der Waals surface area (Å²) in [5.74, 6) is 0.506. The van der Waals surface area contributed by atoms with Gasteiger partial charge in [-0.05, 0) is 31.9 Å². The number of nitrogens with two attached hydrogens (primary N) is 1. The summed E-state index contributed by atoms with van der Waals surface area (Å²) in [6, 6.07) is 4.27. The van der Waals surface area contributed by atoms with Crippen molar-refractivity contribution in [2.75, 3.05) is 5.73 Å². The molecule has 2 N–H and O–H groups in total. The highest BCUT2D eigenvalue weighted by Crippen LogP contribution is 2.35. The third-order valence-electron chi connectivity index (χ3n) is 3.42. The Kier molecular flexibility index (Phi) is 3.59. The standard InChI is InChI=1S/C16H22ClN3/c1-9-7-10(2)13(11(3)8-9)20-15(18)12(17)14(19-20)16(4,5)6/h7-8H,18H2,1-6H3. The summed E-state index contributed by atoms with van der Waals surface area (Å²) in [4.78, 5) is 0. The fourth-order valence-electron chi connectivity index (χ4n) is 2.57. The van der Waals surface area contributed by atoms with Crippen LogP contribution in [-0.4, -0.2) is 9.78 Å². The molecule has 1 heterocycles. The van der Waals surface area contributed by atoms with Crippen molar-refractivity contribution >= 4 is 17.4 Å². The molecule has 1 aromatic carbocycles. The van der Waals surface area contributed by atoms with E-state index >= 15 is 0 Å². The Morgan fingerprint density at radius 2 is 1.60 bits per heavy atom. The Balaban J connectivity index is 2.72. The van der Waals surface area contributed by atoms with Gasteiger partial charge in [0, 0.05) is 5.41 Å². The van der Waals surface area contributed by atoms with Gasteiger partial charge in [0.2, 0.25) is 0 Å². The molecule has 0 aliphatic heterocycles. The van der Waals surface area contributed by atoms with Gasteiger partial charge in [-0.3, -0.25) is 0 Å². The number of nitrogen functional groups attached to an aromatic ring is 1. The van der Waals surface area contributed by atoms with Crippen LogP contribution in [0.5, 0.6) is 0 Å². The minimum atomic E-state index is -0.136. The van der Waals surface area contributed by atoms with Crippen molar-refractivity contribution in [1.82, 2.24) is 9.78 Å². The SMILES string of the molecule is Cc1cc(C)c(-n2nc(C(C)(C)C)c(Cl)c2N)c(C)c1. The highest BCUT2D eigenvalue weighted by atomic mass is 35.5. The Morgan fingerprint density at radius 3 is 2.00 bits per heavy atom. The molecule has 0 amide bonds. The molecule has 0 aliphatic rings. The summed E-state index contributed by atoms with van der Waals surface area (Å²) in [5, 5.41) is 5.21. The number of aromatic nitrogens is 2. The van der Waals surface area contributed by atoms with Crippen molar-refractivity contribution in [3.05, 3.63) is 39.5 Å². The van der Waals surface area contributed by atoms with Gasteiger partial charge in [0.05, 0.1) is 11.4 Å². The van der Waals surface area contributed by atoms with Crippen LogP contribution in [0.2, 0.25) is 5.02 Å². The Hall–Kier alpha value is -1.48. The Labute approximate surface area is 125 Å². The molecule has 0 radical (unpaired) electrons. The molecule has 0 saturated carbocycles. The predicted molar refractivity (Wildman–Crippen MR) is 85.9 cm³/mol. The molecule has 1 aromatic heterocycles. The summed E-state index contributed by atoms with van der Waals surface area (Å²) >= 11 is 6.38. The van der Waals surface area contributed by atoms with Crippen LogP contribution in [0.3, 0.4) is 0 Å². The number of rotatable bonds is 1. The van der Waals surface area contributed by atoms with Crippen molar-refractivity contribution in [2.24, 2.45) is 0 Å². The van der Waals surface area contributed by atoms with Crippen LogP contribution >= 0.6 is 11.6 Å². The summed E-state index contributed by atoms with van der Waals surface area (Å²) in [6.45, 7) is 12.5. The molecular formula is C16H22ClN3. The predicted octanol–water partition coefficient (Wildman–Crippen LogP) is 4.33. The van der Waals surface area contributed by atoms with Gasteiger partial charge in [0.25, 0.3) is 0 Å². The average Bonchev–Trinajstić information content (AvgIpc) is 2.55. The van der Waals surface area contributed by atoms with Gasteiger partial charge in [-0.25, -0.2) is 4.68 Å². The zero-order valence-corrected chi connectivity index (χ0v) is 13.8. The van der Waals surface area contributed by atoms with Crippen LogP contribution < -0.4 is 5.73 Å². The second-order valence-corrected chi connectivity index (χ2v) is 6.83. The molecule has 0 bridgehead atoms. The monoisotopic (exact) mass is 291 g/mol. The zero-order chi connectivity index (χ0) is 15.2. The molecule has 2 rings (SSSR count). The van der Waals surface area contributed by atoms with Crippen LogP contribution in [0.4, 0.5) is 5.82 Å². The number of hydrogen-bond donors (Lipinski definition) is 1. The lowest BCUT2D eigenvalue weighted by Gasteiger charge is -2.15. The lowest BCUT2D eigenvalue weighted by Crippen LogP contribution is -2.13. The molecule has 3 nitrogen and oxygen atoms in total. The fraction of sp³-hybridized carbons (Fsp3) is 0.438. The number of benzene rings is 1. The Bertz CT molecular complexity index is 640. The van der Waals surface area contributed by atoms with Crippen LogP contribution in [0, 0.1) is 20.8 Å². The second-order valence-electron chi connectivity index (χ2n) is 6.46. The zero-order valence-electron chi connectivity index (χ0n) is 13.0. The van der Waals surface area contributed by atoms with Gasteiger partial charge < -0.3 is 5.73 Å². The van der Waals surface area contributed by atoms with Gasteiger partial charge in [-0.1, -0.05) is 50.1 Å². The van der Waals surface area contributed by atoms with Crippen molar-refractivity contribution < 1.29 is 0 Å². The van der Waals surface area contributed by atoms with E-state index in [9.17, 15) is 0 Å². The molecular weight excluding hydrogens is 270 g/mol. The van der Waals surface area contributed by atoms with Crippen molar-refractivity contribution in [2.45, 2.75) is 47.0 Å². The molecule has 108 valence electrons. The number of anilines is 1. The number of hydrogen-bond acceptors (Lipinski definition) is 2. The van der Waals surface area contributed by atoms with Crippen molar-refractivity contribution in [3.63, 3.8) is 0 Å². The van der Waals surface area contributed by atoms with Gasteiger partial charge in [0.1, 0.15) is 10.8 Å². The van der Waals surface area contributed by atoms with Crippen LogP contribution in [0.15, 0.2) is 12.1 Å². The van der Waals surface area contributed by atoms with Crippen LogP contribution in [0.1, 0.15) is 43.2 Å². The summed E-state index contributed by atoms with van der Waals surface area (Å²) < 4.78 is 1.77. The third-order valence-corrected chi connectivity index (χ3v) is 3.79. The minimum Gasteiger partial charge on any atom is -0.382 e. The smallest absolute Gasteiger partial charge is 0.146 e. The van der Waals surface area contributed by atoms with E-state index in [-0.39, 0.29) is 5.41 Å². The first-order chi connectivity index (χ1) is 9.12. The van der Waals surface area contributed by atoms with Crippen LogP contribution in [-0.2, 0) is 5.41 Å². The maximum atomic E-state index is 6.38. The van der Waals surface area contributed by atoms with E-state index in [1.165, 1.54) is 5.56 Å². The molecule has 4 heteroatoms. The average molecular weight is 292 g/mol. The topological polar surface area (TPSA) is 43.8 Å². The molecule has 0 saturated heterocycles. The fourth-order valence-corrected chi connectivity index (χ4v) is 2.97. The van der Waals surface area contributed by atoms with E-state index in [2.05, 4.69) is 58.8 Å². The van der Waals surface area contributed by atoms with Gasteiger partial charge in [0.15, 0.2) is 0 Å². The van der Waals surface area contributed by atoms with Crippen molar-refractivity contribution in [1.29, 1.82) is 0 Å². The van der Waals surface area contributed by atoms with E-state index in [4.69, 9.17) is 17.3 Å². The first-order valence-corrected chi connectivity index (χ1v) is 7.13. The van der Waals surface area contributed by atoms with E-state index < -0.39 is 0 Å². The molecule has 0 atom stereocenters. The summed E-state index contributed by atoms with van der Waals surface area (Å²) in [5.41, 5.74) is 11.4. The normalized spacial score (nSPS) is 11.9. The number of halogens is 1. The number of nitrogens with zero attached hydrogens (tertiary/aromatic N) is 2. The second kappa shape index (κ2) is 4.81. The molecule has 0 unspecified atom stereocenters. The lowest BCUT2D eigenvalue weighted by molar-refractivity contribution is 0.560. The lowest BCUT2D eigenvalue weighted by atomic mass is 9.92.